The number of halogens is 1. The second-order valence-electron chi connectivity index (χ2n) is 7.80. The van der Waals surface area contributed by atoms with Gasteiger partial charge in [-0.1, -0.05) is 64.1 Å². The van der Waals surface area contributed by atoms with Crippen LogP contribution in [0.1, 0.15) is 5.56 Å². The maximum atomic E-state index is 13.7. The van der Waals surface area contributed by atoms with Crippen LogP contribution in [0.15, 0.2) is 97.1 Å². The Hall–Kier alpha value is -2.68. The number of aliphatic imine (C=N–C) groups is 1. The van der Waals surface area contributed by atoms with Crippen LogP contribution in [0.3, 0.4) is 0 Å². The first-order valence-corrected chi connectivity index (χ1v) is 13.2. The van der Waals surface area contributed by atoms with Gasteiger partial charge in [0.25, 0.3) is 5.91 Å². The van der Waals surface area contributed by atoms with Gasteiger partial charge in [0.15, 0.2) is 5.17 Å². The van der Waals surface area contributed by atoms with Gasteiger partial charge in [0, 0.05) is 29.0 Å². The number of nitrogens with zero attached hydrogens (tertiary/aromatic N) is 3. The molecule has 0 aromatic heterocycles. The smallest absolute Gasteiger partial charge is 0.269 e. The summed E-state index contributed by atoms with van der Waals surface area (Å²) in [6.45, 7) is 0.564. The molecule has 0 bridgehead atoms. The summed E-state index contributed by atoms with van der Waals surface area (Å²) in [7, 11) is 3.65. The summed E-state index contributed by atoms with van der Waals surface area (Å²) < 4.78 is 6.35. The second kappa shape index (κ2) is 9.90. The van der Waals surface area contributed by atoms with Crippen molar-refractivity contribution in [2.75, 3.05) is 25.6 Å². The normalized spacial score (nSPS) is 18.7. The summed E-state index contributed by atoms with van der Waals surface area (Å²) in [6.07, 6.45) is 0.758. The molecule has 2 heterocycles. The lowest BCUT2D eigenvalue weighted by molar-refractivity contribution is -0.122. The van der Waals surface area contributed by atoms with Crippen molar-refractivity contribution in [3.8, 4) is 5.75 Å². The topological polar surface area (TPSA) is 45.1 Å². The lowest BCUT2D eigenvalue weighted by Gasteiger charge is -2.17. The molecule has 1 amide bonds. The first kappa shape index (κ1) is 23.1. The van der Waals surface area contributed by atoms with Gasteiger partial charge in [-0.25, -0.2) is 4.99 Å². The predicted octanol–water partition coefficient (Wildman–Crippen LogP) is 6.67. The quantitative estimate of drug-likeness (QED) is 0.331. The van der Waals surface area contributed by atoms with Crippen molar-refractivity contribution in [3.05, 3.63) is 92.8 Å². The van der Waals surface area contributed by atoms with Crippen LogP contribution in [0.25, 0.3) is 0 Å². The van der Waals surface area contributed by atoms with E-state index in [2.05, 4.69) is 33.0 Å². The van der Waals surface area contributed by atoms with E-state index in [-0.39, 0.29) is 5.91 Å². The molecule has 172 valence electrons. The fourth-order valence-corrected chi connectivity index (χ4v) is 6.55. The lowest BCUT2D eigenvalue weighted by atomic mass is 10.1. The number of amides is 1. The summed E-state index contributed by atoms with van der Waals surface area (Å²) in [5, 5.41) is 1.62. The van der Waals surface area contributed by atoms with Crippen molar-refractivity contribution in [1.29, 1.82) is 0 Å². The van der Waals surface area contributed by atoms with Crippen molar-refractivity contribution in [2.24, 2.45) is 4.99 Å². The number of fused-ring (bicyclic) bond motifs is 1. The highest BCUT2D eigenvalue weighted by Gasteiger charge is 2.39. The monoisotopic (exact) mass is 551 g/mol. The van der Waals surface area contributed by atoms with Crippen molar-refractivity contribution in [3.63, 3.8) is 0 Å². The Morgan fingerprint density at radius 2 is 1.82 bits per heavy atom. The van der Waals surface area contributed by atoms with Gasteiger partial charge in [0.2, 0.25) is 0 Å². The second-order valence-corrected chi connectivity index (χ2v) is 10.7. The third-order valence-corrected chi connectivity index (χ3v) is 8.52. The summed E-state index contributed by atoms with van der Waals surface area (Å²) in [5.41, 5.74) is 3.03. The van der Waals surface area contributed by atoms with Crippen molar-refractivity contribution in [1.82, 2.24) is 4.90 Å². The maximum Gasteiger partial charge on any atom is 0.269 e. The number of rotatable bonds is 5. The van der Waals surface area contributed by atoms with Crippen molar-refractivity contribution in [2.45, 2.75) is 11.3 Å². The molecular formula is C26H22BrN3O2S2. The molecule has 0 N–H and O–H groups in total. The number of benzene rings is 3. The number of carbonyl (C=O) groups excluding carboxylic acids is 1. The minimum atomic E-state index is -0.0104. The molecule has 5 nitrogen and oxygen atoms in total. The van der Waals surface area contributed by atoms with E-state index in [4.69, 9.17) is 9.73 Å². The molecule has 3 aromatic carbocycles. The average molecular weight is 553 g/mol. The highest BCUT2D eigenvalue weighted by Crippen LogP contribution is 2.51. The number of thioether (sulfide) groups is 2. The molecule has 3 aromatic rings. The molecule has 1 fully saturated rings. The van der Waals surface area contributed by atoms with E-state index in [0.29, 0.717) is 16.6 Å². The Bertz CT molecular complexity index is 1310. The molecule has 2 aliphatic heterocycles. The summed E-state index contributed by atoms with van der Waals surface area (Å²) in [4.78, 5) is 24.2. The summed E-state index contributed by atoms with van der Waals surface area (Å²) in [6, 6.07) is 24.0. The predicted molar refractivity (Wildman–Crippen MR) is 145 cm³/mol. The van der Waals surface area contributed by atoms with Crippen LogP contribution < -0.4 is 9.64 Å². The maximum absolute atomic E-state index is 13.7. The molecule has 34 heavy (non-hydrogen) atoms. The van der Waals surface area contributed by atoms with Crippen LogP contribution in [0.5, 0.6) is 5.75 Å². The molecule has 0 spiro atoms. The Balaban J connectivity index is 1.50. The number of hydrogen-bond donors (Lipinski definition) is 0. The largest absolute Gasteiger partial charge is 0.497 e. The van der Waals surface area contributed by atoms with Gasteiger partial charge in [0.05, 0.1) is 23.5 Å². The molecule has 0 radical (unpaired) electrons. The van der Waals surface area contributed by atoms with Crippen LogP contribution in [-0.4, -0.2) is 36.7 Å². The van der Waals surface area contributed by atoms with Gasteiger partial charge in [-0.2, -0.15) is 0 Å². The minimum absolute atomic E-state index is 0.0104. The zero-order chi connectivity index (χ0) is 23.7. The minimum Gasteiger partial charge on any atom is -0.497 e. The lowest BCUT2D eigenvalue weighted by Crippen LogP contribution is -2.31. The molecule has 1 saturated heterocycles. The van der Waals surface area contributed by atoms with E-state index in [9.17, 15) is 4.79 Å². The van der Waals surface area contributed by atoms with Gasteiger partial charge in [-0.3, -0.25) is 9.69 Å². The Labute approximate surface area is 216 Å². The first-order valence-electron chi connectivity index (χ1n) is 10.8. The molecule has 0 saturated carbocycles. The van der Waals surface area contributed by atoms with E-state index >= 15 is 0 Å². The Morgan fingerprint density at radius 3 is 2.59 bits per heavy atom. The van der Waals surface area contributed by atoms with E-state index in [1.165, 1.54) is 17.3 Å². The first-order chi connectivity index (χ1) is 16.5. The number of carbonyl (C=O) groups is 1. The zero-order valence-corrected chi connectivity index (χ0v) is 21.9. The van der Waals surface area contributed by atoms with Crippen LogP contribution >= 0.6 is 39.5 Å². The summed E-state index contributed by atoms with van der Waals surface area (Å²) >= 11 is 6.57. The SMILES string of the molecule is COc1ccc2c(c1)N(C)/C(=C1/SC(=Nc3cccc(Br)c3)N(CCc3ccccc3)C1=O)S2. The molecule has 2 aliphatic rings. The molecule has 0 unspecified atom stereocenters. The van der Waals surface area contributed by atoms with Gasteiger partial charge < -0.3 is 9.64 Å². The van der Waals surface area contributed by atoms with E-state index in [1.54, 1.807) is 23.8 Å². The molecule has 5 rings (SSSR count). The third-order valence-electron chi connectivity index (χ3n) is 5.60. The van der Waals surface area contributed by atoms with E-state index in [1.807, 2.05) is 67.7 Å². The number of anilines is 1. The van der Waals surface area contributed by atoms with Crippen molar-refractivity contribution < 1.29 is 9.53 Å². The van der Waals surface area contributed by atoms with Gasteiger partial charge >= 0.3 is 0 Å². The third kappa shape index (κ3) is 4.62. The van der Waals surface area contributed by atoms with Crippen LogP contribution in [0.2, 0.25) is 0 Å². The highest BCUT2D eigenvalue weighted by molar-refractivity contribution is 9.10. The molecular weight excluding hydrogens is 530 g/mol. The average Bonchev–Trinajstić information content (AvgIpc) is 3.33. The van der Waals surface area contributed by atoms with Crippen LogP contribution in [0.4, 0.5) is 11.4 Å². The number of hydrogen-bond acceptors (Lipinski definition) is 6. The Kier molecular flexibility index (Phi) is 6.72. The van der Waals surface area contributed by atoms with E-state index in [0.717, 1.165) is 37.9 Å². The fourth-order valence-electron chi connectivity index (χ4n) is 3.81. The Morgan fingerprint density at radius 1 is 1.00 bits per heavy atom. The van der Waals surface area contributed by atoms with Crippen LogP contribution in [0, 0.1) is 0 Å². The summed E-state index contributed by atoms with van der Waals surface area (Å²) in [5.74, 6) is 0.785. The van der Waals surface area contributed by atoms with Gasteiger partial charge in [-0.15, -0.1) is 0 Å². The van der Waals surface area contributed by atoms with E-state index < -0.39 is 0 Å². The molecule has 0 aliphatic carbocycles. The van der Waals surface area contributed by atoms with Crippen LogP contribution in [-0.2, 0) is 11.2 Å². The number of ether oxygens (including phenoxy) is 1. The molecule has 8 heteroatoms. The number of methoxy groups -OCH3 is 1. The van der Waals surface area contributed by atoms with Gasteiger partial charge in [0.1, 0.15) is 10.7 Å². The zero-order valence-electron chi connectivity index (χ0n) is 18.7. The number of amidine groups is 1. The van der Waals surface area contributed by atoms with Crippen molar-refractivity contribution >= 4 is 61.9 Å². The fraction of sp³-hybridized carbons (Fsp3) is 0.154. The standard InChI is InChI=1S/C26H22BrN3O2S2/c1-29-21-16-20(32-2)11-12-22(21)33-25(29)23-24(31)30(14-13-17-7-4-3-5-8-17)26(34-23)28-19-10-6-9-18(27)15-19/h3-12,15-16H,13-14H2,1-2H3/b25-23-,28-26?. The molecule has 0 atom stereocenters. The highest BCUT2D eigenvalue weighted by atomic mass is 79.9. The van der Waals surface area contributed by atoms with Gasteiger partial charge in [-0.05, 0) is 54.1 Å².